The summed E-state index contributed by atoms with van der Waals surface area (Å²) in [5.74, 6) is 0.602. The van der Waals surface area contributed by atoms with Gasteiger partial charge in [0.1, 0.15) is 18.5 Å². The van der Waals surface area contributed by atoms with Crippen LogP contribution in [-0.4, -0.2) is 64.7 Å². The molecule has 1 aromatic carbocycles. The maximum absolute atomic E-state index is 13.5. The summed E-state index contributed by atoms with van der Waals surface area (Å²) < 4.78 is 45.3. The summed E-state index contributed by atoms with van der Waals surface area (Å²) in [6.07, 6.45) is -4.95. The number of carbonyl (C=O) groups excluding carboxylic acids is 1. The van der Waals surface area contributed by atoms with E-state index in [4.69, 9.17) is 21.4 Å². The number of nitrogens with zero attached hydrogens (tertiary/aromatic N) is 4. The number of anilines is 3. The number of urea groups is 1. The van der Waals surface area contributed by atoms with Gasteiger partial charge in [-0.15, -0.1) is 0 Å². The van der Waals surface area contributed by atoms with Crippen molar-refractivity contribution >= 4 is 35.0 Å². The lowest BCUT2D eigenvalue weighted by atomic mass is 10.1. The van der Waals surface area contributed by atoms with Gasteiger partial charge in [0, 0.05) is 24.7 Å². The number of halogens is 4. The first-order valence-electron chi connectivity index (χ1n) is 11.8. The molecule has 0 aliphatic carbocycles. The highest BCUT2D eigenvalue weighted by atomic mass is 35.5. The van der Waals surface area contributed by atoms with Crippen LogP contribution < -0.4 is 19.9 Å². The summed E-state index contributed by atoms with van der Waals surface area (Å²) in [6, 6.07) is 10.3. The number of carbonyl (C=O) groups is 1. The van der Waals surface area contributed by atoms with E-state index in [1.165, 1.54) is 23.1 Å². The number of hydrogen-bond donors (Lipinski definition) is 3. The van der Waals surface area contributed by atoms with E-state index in [1.807, 2.05) is 4.90 Å². The number of aromatic nitrogens is 2. The van der Waals surface area contributed by atoms with Crippen LogP contribution in [0.4, 0.5) is 35.3 Å². The van der Waals surface area contributed by atoms with Crippen LogP contribution in [0.2, 0.25) is 5.02 Å². The van der Waals surface area contributed by atoms with E-state index in [2.05, 4.69) is 15.3 Å². The van der Waals surface area contributed by atoms with Crippen LogP contribution in [0.15, 0.2) is 48.5 Å². The first-order chi connectivity index (χ1) is 18.1. The molecular weight excluding hydrogens is 527 g/mol. The fraction of sp³-hybridized carbons (Fsp3) is 0.320. The lowest BCUT2D eigenvalue weighted by Crippen LogP contribution is -2.48. The van der Waals surface area contributed by atoms with E-state index in [0.29, 0.717) is 25.2 Å². The second-order valence-corrected chi connectivity index (χ2v) is 9.34. The summed E-state index contributed by atoms with van der Waals surface area (Å²) in [5.41, 5.74) is 0.0895. The molecule has 2 atom stereocenters. The summed E-state index contributed by atoms with van der Waals surface area (Å²) >= 11 is 6.49. The zero-order valence-corrected chi connectivity index (χ0v) is 20.6. The molecule has 1 fully saturated rings. The second kappa shape index (κ2) is 10.3. The zero-order chi connectivity index (χ0) is 27.0. The predicted octanol–water partition coefficient (Wildman–Crippen LogP) is 4.18. The van der Waals surface area contributed by atoms with Crippen molar-refractivity contribution in [2.75, 3.05) is 41.4 Å². The molecule has 200 valence electrons. The van der Waals surface area contributed by atoms with Crippen LogP contribution in [0.5, 0.6) is 5.88 Å². The number of aliphatic hydroxyl groups is 2. The Labute approximate surface area is 220 Å². The predicted molar refractivity (Wildman–Crippen MR) is 135 cm³/mol. The molecule has 0 spiro atoms. The van der Waals surface area contributed by atoms with Gasteiger partial charge in [-0.25, -0.2) is 9.78 Å². The average molecular weight is 550 g/mol. The molecule has 13 heteroatoms. The first-order valence-corrected chi connectivity index (χ1v) is 12.1. The minimum absolute atomic E-state index is 0.132. The van der Waals surface area contributed by atoms with Crippen LogP contribution in [0.25, 0.3) is 11.3 Å². The van der Waals surface area contributed by atoms with Crippen molar-refractivity contribution in [3.8, 4) is 17.1 Å². The van der Waals surface area contributed by atoms with E-state index >= 15 is 0 Å². The number of benzene rings is 1. The van der Waals surface area contributed by atoms with E-state index in [0.717, 1.165) is 12.1 Å². The number of aliphatic hydroxyl groups excluding tert-OH is 2. The molecule has 9 nitrogen and oxygen atoms in total. The molecule has 2 aliphatic rings. The number of nitrogens with one attached hydrogen (secondary N) is 1. The van der Waals surface area contributed by atoms with E-state index in [9.17, 15) is 23.1 Å². The van der Waals surface area contributed by atoms with Gasteiger partial charge in [0.05, 0.1) is 34.6 Å². The van der Waals surface area contributed by atoms with Crippen LogP contribution in [0.1, 0.15) is 12.0 Å². The van der Waals surface area contributed by atoms with Crippen molar-refractivity contribution in [3.05, 3.63) is 59.1 Å². The third-order valence-electron chi connectivity index (χ3n) is 6.31. The van der Waals surface area contributed by atoms with Gasteiger partial charge >= 0.3 is 12.2 Å². The van der Waals surface area contributed by atoms with Crippen LogP contribution in [0, 0.1) is 0 Å². The van der Waals surface area contributed by atoms with Crippen molar-refractivity contribution in [1.29, 1.82) is 0 Å². The maximum Gasteiger partial charge on any atom is 0.416 e. The summed E-state index contributed by atoms with van der Waals surface area (Å²) in [6.45, 7) is 0.568. The van der Waals surface area contributed by atoms with Gasteiger partial charge in [-0.2, -0.15) is 18.2 Å². The zero-order valence-electron chi connectivity index (χ0n) is 19.8. The minimum atomic E-state index is -4.53. The molecule has 0 unspecified atom stereocenters. The number of rotatable bonds is 6. The molecule has 2 aromatic heterocycles. The standard InChI is InChI=1S/C25H23ClF3N5O4/c26-18-10-19-23(32-22(18)14-3-1-4-15(9-14)25(27,28)29)34(16-7-8-33(19)11-16)24(37)31-20-5-2-6-21(30-20)38-13-17(36)12-35/h1-6,9-10,16-17,35-36H,7-8,11-13H2,(H,30,31,37)/t16-,17+/m0/s1. The summed E-state index contributed by atoms with van der Waals surface area (Å²) in [4.78, 5) is 25.8. The second-order valence-electron chi connectivity index (χ2n) is 8.94. The third kappa shape index (κ3) is 5.19. The number of ether oxygens (including phenoxy) is 1. The lowest BCUT2D eigenvalue weighted by Gasteiger charge is -2.36. The van der Waals surface area contributed by atoms with E-state index < -0.39 is 30.5 Å². The molecule has 2 bridgehead atoms. The van der Waals surface area contributed by atoms with Gasteiger partial charge < -0.3 is 19.8 Å². The molecule has 4 heterocycles. The van der Waals surface area contributed by atoms with Crippen molar-refractivity contribution < 1.29 is 32.9 Å². The smallest absolute Gasteiger partial charge is 0.416 e. The first kappa shape index (κ1) is 26.0. The fourth-order valence-corrected chi connectivity index (χ4v) is 4.75. The number of alkyl halides is 3. The Balaban J connectivity index is 1.46. The topological polar surface area (TPSA) is 111 Å². The number of fused-ring (bicyclic) bond motifs is 4. The number of hydrogen-bond acceptors (Lipinski definition) is 7. The van der Waals surface area contributed by atoms with Crippen molar-refractivity contribution in [2.24, 2.45) is 0 Å². The number of amides is 2. The Morgan fingerprint density at radius 1 is 1.21 bits per heavy atom. The van der Waals surface area contributed by atoms with Gasteiger partial charge in [-0.3, -0.25) is 10.2 Å². The molecule has 2 amide bonds. The SMILES string of the molecule is O=C(Nc1cccc(OC[C@H](O)CO)n1)N1c2nc(-c3cccc(C(F)(F)F)c3)c(Cl)cc2N2CC[C@H]1C2. The van der Waals surface area contributed by atoms with Gasteiger partial charge in [0.25, 0.3) is 0 Å². The molecule has 3 N–H and O–H groups in total. The van der Waals surface area contributed by atoms with Gasteiger partial charge in [0.15, 0.2) is 5.82 Å². The molecule has 38 heavy (non-hydrogen) atoms. The number of pyridine rings is 2. The quantitative estimate of drug-likeness (QED) is 0.423. The summed E-state index contributed by atoms with van der Waals surface area (Å²) in [7, 11) is 0. The molecule has 1 saturated heterocycles. The largest absolute Gasteiger partial charge is 0.475 e. The van der Waals surface area contributed by atoms with Crippen molar-refractivity contribution in [1.82, 2.24) is 9.97 Å². The van der Waals surface area contributed by atoms with Crippen LogP contribution in [-0.2, 0) is 6.18 Å². The third-order valence-corrected chi connectivity index (χ3v) is 6.60. The van der Waals surface area contributed by atoms with E-state index in [1.54, 1.807) is 18.2 Å². The van der Waals surface area contributed by atoms with Crippen molar-refractivity contribution in [2.45, 2.75) is 24.7 Å². The highest BCUT2D eigenvalue weighted by Gasteiger charge is 2.41. The Kier molecular flexibility index (Phi) is 7.03. The molecular formula is C25H23ClF3N5O4. The Morgan fingerprint density at radius 2 is 2.00 bits per heavy atom. The minimum Gasteiger partial charge on any atom is -0.475 e. The van der Waals surface area contributed by atoms with Crippen LogP contribution in [0.3, 0.4) is 0 Å². The Morgan fingerprint density at radius 3 is 2.76 bits per heavy atom. The Bertz CT molecular complexity index is 1360. The normalized spacial score (nSPS) is 17.3. The molecule has 0 radical (unpaired) electrons. The molecule has 2 aliphatic heterocycles. The molecule has 5 rings (SSSR count). The average Bonchev–Trinajstić information content (AvgIpc) is 3.31. The highest BCUT2D eigenvalue weighted by Crippen LogP contribution is 2.43. The van der Waals surface area contributed by atoms with Gasteiger partial charge in [-0.1, -0.05) is 29.8 Å². The maximum atomic E-state index is 13.5. The summed E-state index contributed by atoms with van der Waals surface area (Å²) in [5, 5.41) is 21.3. The van der Waals surface area contributed by atoms with Gasteiger partial charge in [-0.05, 0) is 30.7 Å². The van der Waals surface area contributed by atoms with E-state index in [-0.39, 0.29) is 46.4 Å². The Hall–Kier alpha value is -3.61. The molecule has 3 aromatic rings. The van der Waals surface area contributed by atoms with Crippen LogP contribution >= 0.6 is 11.6 Å². The van der Waals surface area contributed by atoms with Gasteiger partial charge in [0.2, 0.25) is 5.88 Å². The highest BCUT2D eigenvalue weighted by molar-refractivity contribution is 6.33. The van der Waals surface area contributed by atoms with Crippen molar-refractivity contribution in [3.63, 3.8) is 0 Å². The lowest BCUT2D eigenvalue weighted by molar-refractivity contribution is -0.137. The fourth-order valence-electron chi connectivity index (χ4n) is 4.50. The molecule has 0 saturated carbocycles. The monoisotopic (exact) mass is 549 g/mol.